The minimum Gasteiger partial charge on any atom is -0.392 e. The Morgan fingerprint density at radius 2 is 2.10 bits per heavy atom. The van der Waals surface area contributed by atoms with Crippen LogP contribution >= 0.6 is 0 Å². The van der Waals surface area contributed by atoms with Crippen molar-refractivity contribution in [3.05, 3.63) is 34.9 Å². The van der Waals surface area contributed by atoms with E-state index in [1.54, 1.807) is 5.56 Å². The van der Waals surface area contributed by atoms with Crippen LogP contribution in [0.25, 0.3) is 0 Å². The summed E-state index contributed by atoms with van der Waals surface area (Å²) in [6, 6.07) is 7.08. The molecule has 3 aliphatic carbocycles. The number of aryl methyl sites for hydroxylation is 1. The molecule has 0 radical (unpaired) electrons. The molecular formula is C19H27NO. The average molecular weight is 285 g/mol. The van der Waals surface area contributed by atoms with Gasteiger partial charge in [0.1, 0.15) is 0 Å². The summed E-state index contributed by atoms with van der Waals surface area (Å²) < 4.78 is 0. The van der Waals surface area contributed by atoms with Gasteiger partial charge in [0.15, 0.2) is 0 Å². The monoisotopic (exact) mass is 285 g/mol. The molecule has 4 rings (SSSR count). The summed E-state index contributed by atoms with van der Waals surface area (Å²) in [6.45, 7) is 2.62. The van der Waals surface area contributed by atoms with Crippen molar-refractivity contribution in [2.45, 2.75) is 64.0 Å². The zero-order valence-electron chi connectivity index (χ0n) is 13.0. The van der Waals surface area contributed by atoms with E-state index in [9.17, 15) is 5.11 Å². The molecule has 3 aliphatic rings. The molecule has 0 unspecified atom stereocenters. The fourth-order valence-electron chi connectivity index (χ4n) is 5.77. The van der Waals surface area contributed by atoms with Gasteiger partial charge in [0, 0.05) is 6.04 Å². The third-order valence-electron chi connectivity index (χ3n) is 7.05. The van der Waals surface area contributed by atoms with Crippen molar-refractivity contribution >= 4 is 0 Å². The van der Waals surface area contributed by atoms with Crippen molar-refractivity contribution in [1.29, 1.82) is 0 Å². The van der Waals surface area contributed by atoms with E-state index in [4.69, 9.17) is 5.73 Å². The minimum atomic E-state index is 0.164. The van der Waals surface area contributed by atoms with Crippen molar-refractivity contribution in [2.24, 2.45) is 23.0 Å². The van der Waals surface area contributed by atoms with Gasteiger partial charge >= 0.3 is 0 Å². The van der Waals surface area contributed by atoms with Crippen molar-refractivity contribution in [2.75, 3.05) is 0 Å². The largest absolute Gasteiger partial charge is 0.392 e. The minimum absolute atomic E-state index is 0.164. The summed E-state index contributed by atoms with van der Waals surface area (Å²) in [5.74, 6) is 2.41. The molecule has 0 aromatic heterocycles. The van der Waals surface area contributed by atoms with Crippen LogP contribution in [0.15, 0.2) is 18.2 Å². The standard InChI is InChI=1S/C19H27NO/c1-19-9-8-15-14-4-2-12(11-21)10-13(14)3-5-16(15)17(19)6-7-18(19)20/h2,4,10,15-18,21H,3,5-9,11,20H2,1H3/t15-,16-,17+,18+,19+/m1/s1. The molecular weight excluding hydrogens is 258 g/mol. The van der Waals surface area contributed by atoms with Crippen LogP contribution in [0, 0.1) is 17.3 Å². The molecule has 2 fully saturated rings. The fourth-order valence-corrected chi connectivity index (χ4v) is 5.77. The number of benzene rings is 1. The molecule has 0 spiro atoms. The summed E-state index contributed by atoms with van der Waals surface area (Å²) in [5.41, 5.74) is 11.0. The fraction of sp³-hybridized carbons (Fsp3) is 0.684. The molecule has 0 saturated heterocycles. The van der Waals surface area contributed by atoms with Crippen LogP contribution in [-0.2, 0) is 13.0 Å². The second kappa shape index (κ2) is 4.82. The van der Waals surface area contributed by atoms with Crippen molar-refractivity contribution in [3.8, 4) is 0 Å². The van der Waals surface area contributed by atoms with Crippen LogP contribution in [0.2, 0.25) is 0 Å². The molecule has 114 valence electrons. The quantitative estimate of drug-likeness (QED) is 0.831. The Morgan fingerprint density at radius 3 is 2.90 bits per heavy atom. The summed E-state index contributed by atoms with van der Waals surface area (Å²) in [6.07, 6.45) is 7.66. The summed E-state index contributed by atoms with van der Waals surface area (Å²) >= 11 is 0. The molecule has 0 bridgehead atoms. The van der Waals surface area contributed by atoms with E-state index in [1.165, 1.54) is 44.1 Å². The van der Waals surface area contributed by atoms with E-state index in [2.05, 4.69) is 25.1 Å². The van der Waals surface area contributed by atoms with Crippen LogP contribution in [0.5, 0.6) is 0 Å². The molecule has 1 aromatic rings. The lowest BCUT2D eigenvalue weighted by Gasteiger charge is -2.50. The average Bonchev–Trinajstić information content (AvgIpc) is 2.82. The van der Waals surface area contributed by atoms with Crippen molar-refractivity contribution in [1.82, 2.24) is 0 Å². The first kappa shape index (κ1) is 13.8. The van der Waals surface area contributed by atoms with Gasteiger partial charge in [-0.2, -0.15) is 0 Å². The SMILES string of the molecule is C[C@]12CC[C@@H]3c4ccc(CO)cc4CC[C@H]3[C@@H]1CC[C@@H]2N. The molecule has 3 N–H and O–H groups in total. The molecule has 5 atom stereocenters. The Balaban J connectivity index is 1.68. The normalized spacial score (nSPS) is 41.3. The maximum atomic E-state index is 9.34. The molecule has 0 heterocycles. The summed E-state index contributed by atoms with van der Waals surface area (Å²) in [5, 5.41) is 9.34. The van der Waals surface area contributed by atoms with Crippen molar-refractivity contribution < 1.29 is 5.11 Å². The van der Waals surface area contributed by atoms with E-state index < -0.39 is 0 Å². The predicted molar refractivity (Wildman–Crippen MR) is 85.0 cm³/mol. The van der Waals surface area contributed by atoms with Gasteiger partial charge in [-0.3, -0.25) is 0 Å². The van der Waals surface area contributed by atoms with Gasteiger partial charge in [-0.1, -0.05) is 25.1 Å². The van der Waals surface area contributed by atoms with Gasteiger partial charge < -0.3 is 10.8 Å². The highest BCUT2D eigenvalue weighted by atomic mass is 16.3. The topological polar surface area (TPSA) is 46.2 Å². The van der Waals surface area contributed by atoms with E-state index in [1.807, 2.05) is 0 Å². The maximum absolute atomic E-state index is 9.34. The Morgan fingerprint density at radius 1 is 1.24 bits per heavy atom. The third-order valence-corrected chi connectivity index (χ3v) is 7.05. The molecule has 1 aromatic carbocycles. The second-order valence-corrected chi connectivity index (χ2v) is 7.84. The smallest absolute Gasteiger partial charge is 0.0681 e. The van der Waals surface area contributed by atoms with E-state index in [0.29, 0.717) is 11.5 Å². The summed E-state index contributed by atoms with van der Waals surface area (Å²) in [4.78, 5) is 0. The van der Waals surface area contributed by atoms with Crippen LogP contribution in [0.4, 0.5) is 0 Å². The summed E-state index contributed by atoms with van der Waals surface area (Å²) in [7, 11) is 0. The second-order valence-electron chi connectivity index (χ2n) is 7.84. The number of nitrogens with two attached hydrogens (primary N) is 1. The maximum Gasteiger partial charge on any atom is 0.0681 e. The number of fused-ring (bicyclic) bond motifs is 5. The predicted octanol–water partition coefficient (Wildman–Crippen LogP) is 3.36. The van der Waals surface area contributed by atoms with Crippen LogP contribution in [-0.4, -0.2) is 11.1 Å². The zero-order valence-corrected chi connectivity index (χ0v) is 13.0. The zero-order chi connectivity index (χ0) is 14.6. The van der Waals surface area contributed by atoms with Gasteiger partial charge in [0.2, 0.25) is 0 Å². The highest BCUT2D eigenvalue weighted by Gasteiger charge is 2.53. The molecule has 0 aliphatic heterocycles. The molecule has 2 saturated carbocycles. The van der Waals surface area contributed by atoms with E-state index >= 15 is 0 Å². The van der Waals surface area contributed by atoms with Crippen LogP contribution in [0.3, 0.4) is 0 Å². The van der Waals surface area contributed by atoms with E-state index in [0.717, 1.165) is 23.3 Å². The number of hydrogen-bond acceptors (Lipinski definition) is 2. The molecule has 2 nitrogen and oxygen atoms in total. The molecule has 2 heteroatoms. The van der Waals surface area contributed by atoms with E-state index in [-0.39, 0.29) is 6.61 Å². The number of aliphatic hydroxyl groups excluding tert-OH is 1. The lowest BCUT2D eigenvalue weighted by Crippen LogP contribution is -2.46. The highest BCUT2D eigenvalue weighted by molar-refractivity contribution is 5.38. The van der Waals surface area contributed by atoms with Crippen molar-refractivity contribution in [3.63, 3.8) is 0 Å². The first-order valence-electron chi connectivity index (χ1n) is 8.61. The van der Waals surface area contributed by atoms with Crippen LogP contribution < -0.4 is 5.73 Å². The Hall–Kier alpha value is -0.860. The van der Waals surface area contributed by atoms with Gasteiger partial charge in [-0.05, 0) is 78.4 Å². The van der Waals surface area contributed by atoms with Crippen LogP contribution in [0.1, 0.15) is 61.6 Å². The first-order valence-corrected chi connectivity index (χ1v) is 8.61. The number of rotatable bonds is 1. The lowest BCUT2D eigenvalue weighted by atomic mass is 9.55. The third kappa shape index (κ3) is 1.92. The Kier molecular flexibility index (Phi) is 3.16. The van der Waals surface area contributed by atoms with Gasteiger partial charge in [0.25, 0.3) is 0 Å². The Bertz CT molecular complexity index is 554. The van der Waals surface area contributed by atoms with Gasteiger partial charge in [-0.15, -0.1) is 0 Å². The molecule has 21 heavy (non-hydrogen) atoms. The number of hydrogen-bond donors (Lipinski definition) is 2. The molecule has 0 amide bonds. The lowest BCUT2D eigenvalue weighted by molar-refractivity contribution is 0.0496. The highest BCUT2D eigenvalue weighted by Crippen LogP contribution is 2.60. The first-order chi connectivity index (χ1) is 10.1. The Labute approximate surface area is 127 Å². The van der Waals surface area contributed by atoms with Gasteiger partial charge in [0.05, 0.1) is 6.61 Å². The number of aliphatic hydroxyl groups is 1. The van der Waals surface area contributed by atoms with Gasteiger partial charge in [-0.25, -0.2) is 0 Å².